The number of benzodiazepines with no additional fused rings is 1. The quantitative estimate of drug-likeness (QED) is 0.0652. The Hall–Kier alpha value is -6.31. The van der Waals surface area contributed by atoms with Crippen molar-refractivity contribution in [2.45, 2.75) is 44.7 Å². The first-order valence-electron chi connectivity index (χ1n) is 18.3. The van der Waals surface area contributed by atoms with Crippen molar-refractivity contribution in [3.05, 3.63) is 129 Å². The molecule has 3 amide bonds. The Morgan fingerprint density at radius 2 is 1.74 bits per heavy atom. The number of likely N-dealkylation sites (tertiary alicyclic amines) is 1. The van der Waals surface area contributed by atoms with Gasteiger partial charge in [-0.15, -0.1) is 0 Å². The standard InChI is InChI=1S/C42H42ClN7O5.CH4O/c1-25(44)50-36-14-12-32(55-2)22-34(36)40(29-8-10-31(43)11-9-29)48-35(41(50)45)23-38(52)47-24-27-4-3-5-30(20-27)28-16-18-49(19-17-28)39(53)15-7-26-6-13-33(42(46)54)37(51)21-26;1-2/h3-15,20-22,28,35,44-45,51H,16-19,23-24H2,1-2H3,(H2,46,54)(H,47,52);2H,1H3/b15-7+,44-25?,45-41?;/t35-;/m0./s1. The molecule has 57 heavy (non-hydrogen) atoms. The van der Waals surface area contributed by atoms with E-state index in [1.807, 2.05) is 30.3 Å². The van der Waals surface area contributed by atoms with Crippen LogP contribution in [0.1, 0.15) is 70.3 Å². The maximum atomic E-state index is 13.5. The molecule has 0 radical (unpaired) electrons. The molecule has 1 saturated heterocycles. The number of rotatable bonds is 10. The molecule has 13 nitrogen and oxygen atoms in total. The molecule has 0 saturated carbocycles. The Morgan fingerprint density at radius 3 is 2.39 bits per heavy atom. The van der Waals surface area contributed by atoms with Crippen molar-refractivity contribution < 1.29 is 29.3 Å². The molecular formula is C43H46ClN7O6. The van der Waals surface area contributed by atoms with Crippen LogP contribution in [-0.4, -0.2) is 83.6 Å². The average molecular weight is 792 g/mol. The number of fused-ring (bicyclic) bond motifs is 1. The van der Waals surface area contributed by atoms with Crippen molar-refractivity contribution >= 4 is 58.5 Å². The summed E-state index contributed by atoms with van der Waals surface area (Å²) in [6, 6.07) is 24.2. The number of anilines is 1. The van der Waals surface area contributed by atoms with Gasteiger partial charge in [-0.25, -0.2) is 0 Å². The van der Waals surface area contributed by atoms with E-state index in [4.69, 9.17) is 43.0 Å². The molecule has 1 fully saturated rings. The second-order valence-electron chi connectivity index (χ2n) is 13.5. The van der Waals surface area contributed by atoms with Crippen molar-refractivity contribution in [1.82, 2.24) is 10.2 Å². The predicted octanol–water partition coefficient (Wildman–Crippen LogP) is 5.89. The van der Waals surface area contributed by atoms with Gasteiger partial charge in [-0.3, -0.25) is 35.1 Å². The fraction of sp³-hybridized carbons (Fsp3) is 0.256. The zero-order valence-electron chi connectivity index (χ0n) is 32.0. The molecule has 6 rings (SSSR count). The van der Waals surface area contributed by atoms with Crippen LogP contribution in [0.4, 0.5) is 5.69 Å². The summed E-state index contributed by atoms with van der Waals surface area (Å²) < 4.78 is 5.51. The number of hydrogen-bond donors (Lipinski definition) is 6. The molecule has 4 aromatic rings. The average Bonchev–Trinajstić information content (AvgIpc) is 3.33. The number of nitrogens with one attached hydrogen (secondary N) is 3. The van der Waals surface area contributed by atoms with E-state index in [1.165, 1.54) is 23.1 Å². The van der Waals surface area contributed by atoms with Crippen molar-refractivity contribution in [1.29, 1.82) is 10.8 Å². The number of nitrogens with zero attached hydrogens (tertiary/aromatic N) is 3. The zero-order valence-corrected chi connectivity index (χ0v) is 32.7. The van der Waals surface area contributed by atoms with Gasteiger partial charge in [-0.05, 0) is 90.9 Å². The summed E-state index contributed by atoms with van der Waals surface area (Å²) in [5, 5.41) is 38.3. The Balaban J connectivity index is 0.00000305. The van der Waals surface area contributed by atoms with Crippen LogP contribution in [-0.2, 0) is 16.1 Å². The highest BCUT2D eigenvalue weighted by Gasteiger charge is 2.32. The summed E-state index contributed by atoms with van der Waals surface area (Å²) in [6.45, 7) is 3.04. The number of carbonyl (C=O) groups excluding carboxylic acids is 3. The van der Waals surface area contributed by atoms with Crippen LogP contribution in [0.3, 0.4) is 0 Å². The first-order valence-corrected chi connectivity index (χ1v) is 18.7. The molecule has 0 spiro atoms. The van der Waals surface area contributed by atoms with Crippen LogP contribution in [0, 0.1) is 10.8 Å². The van der Waals surface area contributed by atoms with Crippen LogP contribution < -0.4 is 20.7 Å². The summed E-state index contributed by atoms with van der Waals surface area (Å²) in [5.74, 6) is -0.423. The number of methoxy groups -OCH3 is 1. The second kappa shape index (κ2) is 19.0. The predicted molar refractivity (Wildman–Crippen MR) is 223 cm³/mol. The fourth-order valence-corrected chi connectivity index (χ4v) is 7.03. The number of aliphatic imine (C=N–C) groups is 1. The Bertz CT molecular complexity index is 2210. The van der Waals surface area contributed by atoms with Crippen molar-refractivity contribution in [2.24, 2.45) is 10.7 Å². The molecule has 7 N–H and O–H groups in total. The number of amides is 3. The third-order valence-corrected chi connectivity index (χ3v) is 10.0. The van der Waals surface area contributed by atoms with Crippen LogP contribution in [0.5, 0.6) is 11.5 Å². The number of aliphatic hydroxyl groups excluding tert-OH is 1. The Morgan fingerprint density at radius 1 is 1.02 bits per heavy atom. The molecule has 1 atom stereocenters. The van der Waals surface area contributed by atoms with Gasteiger partial charge in [0, 0.05) is 49.0 Å². The minimum Gasteiger partial charge on any atom is -0.507 e. The number of carbonyl (C=O) groups is 3. The molecule has 0 unspecified atom stereocenters. The van der Waals surface area contributed by atoms with Gasteiger partial charge < -0.3 is 30.9 Å². The lowest BCUT2D eigenvalue weighted by Crippen LogP contribution is -2.42. The van der Waals surface area contributed by atoms with Gasteiger partial charge >= 0.3 is 0 Å². The normalized spacial score (nSPS) is 15.5. The number of piperidine rings is 1. The van der Waals surface area contributed by atoms with Gasteiger partial charge in [-0.2, -0.15) is 0 Å². The van der Waals surface area contributed by atoms with E-state index in [1.54, 1.807) is 55.3 Å². The summed E-state index contributed by atoms with van der Waals surface area (Å²) in [7, 11) is 2.57. The summed E-state index contributed by atoms with van der Waals surface area (Å²) in [4.78, 5) is 46.1. The minimum absolute atomic E-state index is 0.0125. The second-order valence-corrected chi connectivity index (χ2v) is 13.9. The lowest BCUT2D eigenvalue weighted by Gasteiger charge is -2.31. The maximum Gasteiger partial charge on any atom is 0.252 e. The number of halogens is 1. The highest BCUT2D eigenvalue weighted by atomic mass is 35.5. The number of nitrogens with two attached hydrogens (primary N) is 1. The van der Waals surface area contributed by atoms with Gasteiger partial charge in [0.1, 0.15) is 29.2 Å². The largest absolute Gasteiger partial charge is 0.507 e. The number of phenols is 1. The Labute approximate surface area is 336 Å². The lowest BCUT2D eigenvalue weighted by molar-refractivity contribution is -0.127. The number of aliphatic hydroxyl groups is 1. The summed E-state index contributed by atoms with van der Waals surface area (Å²) in [5.41, 5.74) is 10.5. The topological polar surface area (TPSA) is 205 Å². The van der Waals surface area contributed by atoms with Crippen LogP contribution in [0.15, 0.2) is 96.0 Å². The molecule has 0 bridgehead atoms. The molecule has 2 aliphatic heterocycles. The molecule has 2 heterocycles. The van der Waals surface area contributed by atoms with E-state index >= 15 is 0 Å². The zero-order chi connectivity index (χ0) is 41.2. The summed E-state index contributed by atoms with van der Waals surface area (Å²) >= 11 is 6.20. The van der Waals surface area contributed by atoms with Crippen LogP contribution in [0.2, 0.25) is 5.02 Å². The van der Waals surface area contributed by atoms with Crippen LogP contribution >= 0.6 is 11.6 Å². The molecule has 0 aliphatic carbocycles. The smallest absolute Gasteiger partial charge is 0.252 e. The lowest BCUT2D eigenvalue weighted by atomic mass is 9.88. The molecule has 296 valence electrons. The molecular weight excluding hydrogens is 746 g/mol. The highest BCUT2D eigenvalue weighted by molar-refractivity contribution is 6.31. The molecule has 4 aromatic carbocycles. The van der Waals surface area contributed by atoms with E-state index < -0.39 is 11.9 Å². The van der Waals surface area contributed by atoms with E-state index in [9.17, 15) is 19.5 Å². The number of hydrogen-bond acceptors (Lipinski definition) is 9. The molecule has 0 aromatic heterocycles. The number of primary amides is 1. The van der Waals surface area contributed by atoms with E-state index in [0.29, 0.717) is 46.4 Å². The number of benzene rings is 4. The minimum atomic E-state index is -0.882. The summed E-state index contributed by atoms with van der Waals surface area (Å²) in [6.07, 6.45) is 4.51. The third kappa shape index (κ3) is 10.1. The van der Waals surface area contributed by atoms with Gasteiger partial charge in [0.15, 0.2) is 0 Å². The number of ether oxygens (including phenoxy) is 1. The highest BCUT2D eigenvalue weighted by Crippen LogP contribution is 2.33. The monoisotopic (exact) mass is 791 g/mol. The fourth-order valence-electron chi connectivity index (χ4n) is 6.91. The third-order valence-electron chi connectivity index (χ3n) is 9.80. The SMILES string of the molecule is CO.COc1ccc2c(c1)C(c1ccc(Cl)cc1)=N[C@@H](CC(=O)NCc1cccc(C3CCN(C(=O)/C=C/c4ccc(C(N)=O)c(O)c4)CC3)c1)C(=N)N2C(C)=N. The van der Waals surface area contributed by atoms with Gasteiger partial charge in [0.05, 0.1) is 30.5 Å². The van der Waals surface area contributed by atoms with E-state index in [0.717, 1.165) is 36.6 Å². The first kappa shape index (κ1) is 41.8. The molecule has 2 aliphatic rings. The van der Waals surface area contributed by atoms with E-state index in [-0.39, 0.29) is 53.7 Å². The first-order chi connectivity index (χ1) is 27.4. The van der Waals surface area contributed by atoms with Crippen molar-refractivity contribution in [2.75, 3.05) is 32.2 Å². The van der Waals surface area contributed by atoms with Gasteiger partial charge in [0.2, 0.25) is 11.8 Å². The van der Waals surface area contributed by atoms with Crippen molar-refractivity contribution in [3.8, 4) is 11.5 Å². The number of aromatic hydroxyl groups is 1. The van der Waals surface area contributed by atoms with Gasteiger partial charge in [-0.1, -0.05) is 54.1 Å². The van der Waals surface area contributed by atoms with Crippen LogP contribution in [0.25, 0.3) is 6.08 Å². The molecule has 14 heteroatoms. The van der Waals surface area contributed by atoms with Gasteiger partial charge in [0.25, 0.3) is 5.91 Å². The van der Waals surface area contributed by atoms with E-state index in [2.05, 4.69) is 17.4 Å². The van der Waals surface area contributed by atoms with Crippen molar-refractivity contribution in [3.63, 3.8) is 0 Å². The maximum absolute atomic E-state index is 13.5. The Kier molecular flexibility index (Phi) is 14.0. The number of amidine groups is 2.